The van der Waals surface area contributed by atoms with Crippen molar-refractivity contribution < 1.29 is 17.9 Å². The van der Waals surface area contributed by atoms with Gasteiger partial charge in [-0.05, 0) is 62.9 Å². The lowest BCUT2D eigenvalue weighted by atomic mass is 10.1. The van der Waals surface area contributed by atoms with Gasteiger partial charge in [0.15, 0.2) is 0 Å². The average molecular weight is 490 g/mol. The van der Waals surface area contributed by atoms with Gasteiger partial charge >= 0.3 is 5.97 Å². The molecule has 0 aliphatic rings. The number of rotatable bonds is 5. The third kappa shape index (κ3) is 5.02. The van der Waals surface area contributed by atoms with E-state index in [9.17, 15) is 13.2 Å². The minimum Gasteiger partial charge on any atom is -0.459 e. The summed E-state index contributed by atoms with van der Waals surface area (Å²) in [5, 5.41) is 1.61. The smallest absolute Gasteiger partial charge is 0.327 e. The molecule has 3 aromatic carbocycles. The van der Waals surface area contributed by atoms with Crippen LogP contribution in [0, 0.1) is 6.92 Å². The van der Waals surface area contributed by atoms with Crippen LogP contribution in [0.25, 0.3) is 10.8 Å². The lowest BCUT2D eigenvalue weighted by molar-refractivity contribution is -0.152. The van der Waals surface area contributed by atoms with Gasteiger partial charge in [0, 0.05) is 9.86 Å². The lowest BCUT2D eigenvalue weighted by Gasteiger charge is -2.27. The largest absolute Gasteiger partial charge is 0.459 e. The number of aryl methyl sites for hydroxylation is 1. The van der Waals surface area contributed by atoms with Gasteiger partial charge in [-0.15, -0.1) is 0 Å². The van der Waals surface area contributed by atoms with E-state index in [2.05, 4.69) is 15.9 Å². The summed E-state index contributed by atoms with van der Waals surface area (Å²) >= 11 is 3.37. The lowest BCUT2D eigenvalue weighted by Crippen LogP contribution is -2.39. The third-order valence-corrected chi connectivity index (χ3v) is 6.53. The van der Waals surface area contributed by atoms with Gasteiger partial charge in [0.25, 0.3) is 10.0 Å². The minimum atomic E-state index is -4.04. The molecule has 0 atom stereocenters. The number of halogens is 1. The fourth-order valence-corrected chi connectivity index (χ4v) is 5.51. The van der Waals surface area contributed by atoms with Gasteiger partial charge < -0.3 is 4.74 Å². The first-order valence-corrected chi connectivity index (χ1v) is 11.7. The first-order valence-electron chi connectivity index (χ1n) is 9.47. The van der Waals surface area contributed by atoms with Gasteiger partial charge in [-0.2, -0.15) is 0 Å². The Morgan fingerprint density at radius 1 is 1.03 bits per heavy atom. The zero-order chi connectivity index (χ0) is 22.1. The van der Waals surface area contributed by atoms with Crippen LogP contribution >= 0.6 is 15.9 Å². The molecule has 0 amide bonds. The summed E-state index contributed by atoms with van der Waals surface area (Å²) in [6.07, 6.45) is 0. The molecule has 158 valence electrons. The summed E-state index contributed by atoms with van der Waals surface area (Å²) in [6.45, 7) is 6.64. The number of carbonyl (C=O) groups is 1. The molecule has 5 nitrogen and oxygen atoms in total. The number of benzene rings is 3. The summed E-state index contributed by atoms with van der Waals surface area (Å²) < 4.78 is 34.6. The van der Waals surface area contributed by atoms with Crippen molar-refractivity contribution in [3.8, 4) is 0 Å². The first kappa shape index (κ1) is 22.3. The Morgan fingerprint density at radius 2 is 1.70 bits per heavy atom. The van der Waals surface area contributed by atoms with Gasteiger partial charge in [0.1, 0.15) is 12.1 Å². The SMILES string of the molecule is Cc1cc(Br)cc(S(=O)(=O)N(CC(=O)OC(C)(C)C)c2cccc3ccccc23)c1. The molecule has 0 radical (unpaired) electrons. The van der Waals surface area contributed by atoms with E-state index in [-0.39, 0.29) is 4.90 Å². The molecule has 0 N–H and O–H groups in total. The first-order chi connectivity index (χ1) is 14.0. The highest BCUT2D eigenvalue weighted by Crippen LogP contribution is 2.32. The molecule has 0 unspecified atom stereocenters. The van der Waals surface area contributed by atoms with E-state index in [1.54, 1.807) is 39.0 Å². The topological polar surface area (TPSA) is 63.7 Å². The van der Waals surface area contributed by atoms with E-state index < -0.39 is 28.1 Å². The van der Waals surface area contributed by atoms with Gasteiger partial charge in [-0.25, -0.2) is 8.42 Å². The molecule has 0 heterocycles. The van der Waals surface area contributed by atoms with Crippen LogP contribution in [0.4, 0.5) is 5.69 Å². The summed E-state index contributed by atoms with van der Waals surface area (Å²) in [4.78, 5) is 12.8. The second kappa shape index (κ2) is 8.40. The van der Waals surface area contributed by atoms with Crippen molar-refractivity contribution in [2.75, 3.05) is 10.8 Å². The van der Waals surface area contributed by atoms with Gasteiger partial charge in [-0.3, -0.25) is 9.10 Å². The highest BCUT2D eigenvalue weighted by Gasteiger charge is 2.30. The Kier molecular flexibility index (Phi) is 6.24. The molecular formula is C23H24BrNO4S. The van der Waals surface area contributed by atoms with Crippen LogP contribution in [0.2, 0.25) is 0 Å². The Balaban J connectivity index is 2.17. The molecular weight excluding hydrogens is 466 g/mol. The fourth-order valence-electron chi connectivity index (χ4n) is 3.20. The molecule has 0 fully saturated rings. The van der Waals surface area contributed by atoms with Crippen molar-refractivity contribution in [1.29, 1.82) is 0 Å². The van der Waals surface area contributed by atoms with Gasteiger partial charge in [-0.1, -0.05) is 52.3 Å². The summed E-state index contributed by atoms with van der Waals surface area (Å²) in [6, 6.07) is 17.8. The monoisotopic (exact) mass is 489 g/mol. The number of carbonyl (C=O) groups excluding carboxylic acids is 1. The van der Waals surface area contributed by atoms with Crippen molar-refractivity contribution in [2.45, 2.75) is 38.2 Å². The highest BCUT2D eigenvalue weighted by atomic mass is 79.9. The van der Waals surface area contributed by atoms with Crippen LogP contribution in [0.15, 0.2) is 70.0 Å². The van der Waals surface area contributed by atoms with E-state index in [0.29, 0.717) is 10.2 Å². The predicted octanol–water partition coefficient (Wildman–Crippen LogP) is 5.45. The second-order valence-corrected chi connectivity index (χ2v) is 10.8. The Bertz CT molecular complexity index is 1170. The van der Waals surface area contributed by atoms with Crippen molar-refractivity contribution in [1.82, 2.24) is 0 Å². The van der Waals surface area contributed by atoms with Crippen molar-refractivity contribution in [2.24, 2.45) is 0 Å². The summed E-state index contributed by atoms with van der Waals surface area (Å²) in [5.74, 6) is -0.620. The number of fused-ring (bicyclic) bond motifs is 1. The van der Waals surface area contributed by atoms with E-state index in [1.807, 2.05) is 43.3 Å². The van der Waals surface area contributed by atoms with Crippen molar-refractivity contribution in [3.63, 3.8) is 0 Å². The van der Waals surface area contributed by atoms with E-state index >= 15 is 0 Å². The minimum absolute atomic E-state index is 0.103. The van der Waals surface area contributed by atoms with E-state index in [4.69, 9.17) is 4.74 Å². The quantitative estimate of drug-likeness (QED) is 0.447. The fraction of sp³-hybridized carbons (Fsp3) is 0.261. The third-order valence-electron chi connectivity index (χ3n) is 4.33. The number of esters is 1. The van der Waals surface area contributed by atoms with Crippen molar-refractivity contribution >= 4 is 48.4 Å². The normalized spacial score (nSPS) is 12.0. The van der Waals surface area contributed by atoms with Gasteiger partial charge in [0.05, 0.1) is 10.6 Å². The maximum atomic E-state index is 13.7. The molecule has 0 aliphatic carbocycles. The van der Waals surface area contributed by atoms with E-state index in [1.165, 1.54) is 6.07 Å². The Morgan fingerprint density at radius 3 is 2.37 bits per heavy atom. The zero-order valence-corrected chi connectivity index (χ0v) is 19.7. The van der Waals surface area contributed by atoms with Crippen LogP contribution in [-0.2, 0) is 19.6 Å². The molecule has 0 saturated carbocycles. The molecule has 0 spiro atoms. The number of ether oxygens (including phenoxy) is 1. The maximum absolute atomic E-state index is 13.7. The van der Waals surface area contributed by atoms with Crippen LogP contribution in [0.3, 0.4) is 0 Å². The predicted molar refractivity (Wildman–Crippen MR) is 123 cm³/mol. The zero-order valence-electron chi connectivity index (χ0n) is 17.3. The molecule has 0 saturated heterocycles. The average Bonchev–Trinajstić information content (AvgIpc) is 2.63. The number of anilines is 1. The molecule has 0 aliphatic heterocycles. The van der Waals surface area contributed by atoms with Crippen LogP contribution in [0.1, 0.15) is 26.3 Å². The number of nitrogens with zero attached hydrogens (tertiary/aromatic N) is 1. The van der Waals surface area contributed by atoms with Crippen LogP contribution in [-0.4, -0.2) is 26.5 Å². The van der Waals surface area contributed by atoms with Crippen molar-refractivity contribution in [3.05, 3.63) is 70.7 Å². The van der Waals surface area contributed by atoms with Gasteiger partial charge in [0.2, 0.25) is 0 Å². The number of hydrogen-bond acceptors (Lipinski definition) is 4. The maximum Gasteiger partial charge on any atom is 0.327 e. The standard InChI is InChI=1S/C23H24BrNO4S/c1-16-12-18(24)14-19(13-16)30(27,28)25(15-22(26)29-23(2,3)4)21-11-7-9-17-8-5-6-10-20(17)21/h5-14H,15H2,1-4H3. The number of hydrogen-bond donors (Lipinski definition) is 0. The Labute approximate surface area is 185 Å². The summed E-state index contributed by atoms with van der Waals surface area (Å²) in [5.41, 5.74) is 0.493. The molecule has 3 aromatic rings. The van der Waals surface area contributed by atoms with Crippen LogP contribution in [0.5, 0.6) is 0 Å². The molecule has 0 bridgehead atoms. The molecule has 30 heavy (non-hydrogen) atoms. The molecule has 3 rings (SSSR count). The summed E-state index contributed by atoms with van der Waals surface area (Å²) in [7, 11) is -4.04. The van der Waals surface area contributed by atoms with E-state index in [0.717, 1.165) is 20.6 Å². The second-order valence-electron chi connectivity index (χ2n) is 8.06. The molecule has 7 heteroatoms. The highest BCUT2D eigenvalue weighted by molar-refractivity contribution is 9.10. The Hall–Kier alpha value is -2.38. The number of sulfonamides is 1. The van der Waals surface area contributed by atoms with Crippen LogP contribution < -0.4 is 4.31 Å². The molecule has 0 aromatic heterocycles.